The van der Waals surface area contributed by atoms with Gasteiger partial charge in [0.05, 0.1) is 6.34 Å². The van der Waals surface area contributed by atoms with E-state index in [1.807, 2.05) is 0 Å². The van der Waals surface area contributed by atoms with Gasteiger partial charge in [-0.2, -0.15) is 0 Å². The van der Waals surface area contributed by atoms with Crippen molar-refractivity contribution in [1.82, 2.24) is 5.32 Å². The van der Waals surface area contributed by atoms with Crippen molar-refractivity contribution in [3.8, 4) is 0 Å². The second-order valence-electron chi connectivity index (χ2n) is 1.24. The van der Waals surface area contributed by atoms with Crippen LogP contribution in [0.25, 0.3) is 0 Å². The molecule has 10 heavy (non-hydrogen) atoms. The molecule has 0 spiro atoms. The maximum absolute atomic E-state index is 4.56. The van der Waals surface area contributed by atoms with Crippen LogP contribution in [0.2, 0.25) is 0 Å². The molecule has 0 aliphatic carbocycles. The fourth-order valence-corrected chi connectivity index (χ4v) is 0.722. The summed E-state index contributed by atoms with van der Waals surface area (Å²) in [6.45, 7) is 0. The average molecular weight is 193 g/mol. The van der Waals surface area contributed by atoms with Crippen LogP contribution in [0.3, 0.4) is 0 Å². The maximum atomic E-state index is 4.56. The Morgan fingerprint density at radius 2 is 2.20 bits per heavy atom. The van der Waals surface area contributed by atoms with Gasteiger partial charge in [-0.15, -0.1) is 25.3 Å². The first kappa shape index (κ1) is 9.93. The Morgan fingerprint density at radius 3 is 2.60 bits per heavy atom. The summed E-state index contributed by atoms with van der Waals surface area (Å²) in [5.41, 5.74) is 0. The molecule has 0 amide bonds. The van der Waals surface area contributed by atoms with Crippen molar-refractivity contribution in [1.29, 1.82) is 0 Å². The average Bonchev–Trinajstić information content (AvgIpc) is 1.82. The first-order chi connectivity index (χ1) is 4.66. The minimum absolute atomic E-state index is 0.221. The molecule has 0 radical (unpaired) electrons. The first-order valence-electron chi connectivity index (χ1n) is 2.37. The Bertz CT molecular complexity index is 175. The second kappa shape index (κ2) is 5.70. The zero-order valence-electron chi connectivity index (χ0n) is 5.27. The molecule has 0 atom stereocenters. The van der Waals surface area contributed by atoms with Gasteiger partial charge in [0.25, 0.3) is 0 Å². The summed E-state index contributed by atoms with van der Waals surface area (Å²) in [5, 5.41) is 2.97. The van der Waals surface area contributed by atoms with Gasteiger partial charge in [0, 0.05) is 7.05 Å². The number of aliphatic imine (C=N–C) groups is 2. The first-order valence-corrected chi connectivity index (χ1v) is 3.67. The number of nitrogens with zero attached hydrogens (tertiary/aromatic N) is 2. The summed E-state index contributed by atoms with van der Waals surface area (Å²) >= 11 is 12.2. The Labute approximate surface area is 75.8 Å². The van der Waals surface area contributed by atoms with Gasteiger partial charge in [-0.1, -0.05) is 12.2 Å². The molecular formula is C4H7N3S3. The molecule has 1 N–H and O–H groups in total. The van der Waals surface area contributed by atoms with Crippen molar-refractivity contribution < 1.29 is 0 Å². The SMILES string of the molecule is CN/C=N/C(S)=N/C(=S)S. The van der Waals surface area contributed by atoms with Crippen molar-refractivity contribution >= 4 is 53.3 Å². The number of amidine groups is 1. The fraction of sp³-hybridized carbons (Fsp3) is 0.250. The van der Waals surface area contributed by atoms with Crippen LogP contribution in [0.4, 0.5) is 0 Å². The molecule has 0 aliphatic rings. The van der Waals surface area contributed by atoms with Gasteiger partial charge in [-0.3, -0.25) is 0 Å². The van der Waals surface area contributed by atoms with Gasteiger partial charge in [-0.05, 0) is 0 Å². The van der Waals surface area contributed by atoms with E-state index in [1.165, 1.54) is 6.34 Å². The Hall–Kier alpha value is -0.0700. The van der Waals surface area contributed by atoms with Crippen LogP contribution in [-0.4, -0.2) is 22.9 Å². The molecule has 0 rings (SSSR count). The number of thiol groups is 2. The third-order valence-corrected chi connectivity index (χ3v) is 0.912. The van der Waals surface area contributed by atoms with Crippen LogP contribution in [-0.2, 0) is 0 Å². The number of rotatable bonds is 1. The van der Waals surface area contributed by atoms with Crippen LogP contribution < -0.4 is 5.32 Å². The van der Waals surface area contributed by atoms with E-state index in [1.54, 1.807) is 7.05 Å². The molecule has 6 heteroatoms. The van der Waals surface area contributed by atoms with Crippen LogP contribution in [0.1, 0.15) is 0 Å². The molecule has 0 heterocycles. The second-order valence-corrected chi connectivity index (χ2v) is 2.75. The predicted molar refractivity (Wildman–Crippen MR) is 55.6 cm³/mol. The van der Waals surface area contributed by atoms with Gasteiger partial charge >= 0.3 is 0 Å². The molecule has 0 unspecified atom stereocenters. The van der Waals surface area contributed by atoms with E-state index in [9.17, 15) is 0 Å². The normalized spacial score (nSPS) is 12.1. The zero-order valence-corrected chi connectivity index (χ0v) is 7.88. The number of hydrogen-bond donors (Lipinski definition) is 3. The van der Waals surface area contributed by atoms with Crippen molar-refractivity contribution in [2.45, 2.75) is 0 Å². The van der Waals surface area contributed by atoms with E-state index in [0.717, 1.165) is 0 Å². The fourth-order valence-electron chi connectivity index (χ4n) is 0.237. The minimum atomic E-state index is 0.221. The predicted octanol–water partition coefficient (Wildman–Crippen LogP) is 0.735. The van der Waals surface area contributed by atoms with Crippen molar-refractivity contribution in [3.63, 3.8) is 0 Å². The monoisotopic (exact) mass is 193 g/mol. The Morgan fingerprint density at radius 1 is 1.60 bits per heavy atom. The third kappa shape index (κ3) is 6.06. The summed E-state index contributed by atoms with van der Waals surface area (Å²) in [6.07, 6.45) is 1.46. The molecule has 3 nitrogen and oxygen atoms in total. The lowest BCUT2D eigenvalue weighted by Gasteiger charge is -1.87. The van der Waals surface area contributed by atoms with Gasteiger partial charge in [-0.25, -0.2) is 9.98 Å². The third-order valence-electron chi connectivity index (χ3n) is 0.505. The quantitative estimate of drug-likeness (QED) is 0.249. The summed E-state index contributed by atoms with van der Waals surface area (Å²) in [6, 6.07) is 0. The molecule has 0 aliphatic heterocycles. The molecule has 0 saturated heterocycles. The molecule has 0 aromatic rings. The van der Waals surface area contributed by atoms with E-state index in [2.05, 4.69) is 52.8 Å². The van der Waals surface area contributed by atoms with Crippen molar-refractivity contribution in [2.75, 3.05) is 7.05 Å². The smallest absolute Gasteiger partial charge is 0.187 e. The lowest BCUT2D eigenvalue weighted by molar-refractivity contribution is 1.21. The van der Waals surface area contributed by atoms with Crippen molar-refractivity contribution in [3.05, 3.63) is 0 Å². The van der Waals surface area contributed by atoms with E-state index < -0.39 is 0 Å². The minimum Gasteiger partial charge on any atom is -0.379 e. The van der Waals surface area contributed by atoms with Gasteiger partial charge in [0.1, 0.15) is 0 Å². The van der Waals surface area contributed by atoms with Crippen LogP contribution in [0, 0.1) is 0 Å². The molecule has 0 aromatic heterocycles. The molecular weight excluding hydrogens is 186 g/mol. The van der Waals surface area contributed by atoms with Crippen molar-refractivity contribution in [2.24, 2.45) is 9.98 Å². The standard InChI is InChI=1S/C4H7N3S3/c1-5-2-6-3(8)7-4(9)10/h2H,1H3,(H3,5,6,7,8,9,10). The topological polar surface area (TPSA) is 36.8 Å². The molecule has 0 bridgehead atoms. The lowest BCUT2D eigenvalue weighted by Crippen LogP contribution is -2.02. The maximum Gasteiger partial charge on any atom is 0.187 e. The highest BCUT2D eigenvalue weighted by atomic mass is 32.1. The van der Waals surface area contributed by atoms with E-state index in [-0.39, 0.29) is 9.49 Å². The Kier molecular flexibility index (Phi) is 5.66. The van der Waals surface area contributed by atoms with Crippen LogP contribution >= 0.6 is 37.5 Å². The van der Waals surface area contributed by atoms with Crippen LogP contribution in [0.5, 0.6) is 0 Å². The highest BCUT2D eigenvalue weighted by Gasteiger charge is 1.85. The van der Waals surface area contributed by atoms with Gasteiger partial charge in [0.2, 0.25) is 0 Å². The molecule has 0 saturated carbocycles. The number of hydrogen-bond acceptors (Lipinski definition) is 1. The van der Waals surface area contributed by atoms with E-state index in [0.29, 0.717) is 0 Å². The van der Waals surface area contributed by atoms with Gasteiger partial charge < -0.3 is 5.32 Å². The highest BCUT2D eigenvalue weighted by Crippen LogP contribution is 1.91. The Balaban J connectivity index is 3.94. The number of nitrogens with one attached hydrogen (secondary N) is 1. The molecule has 56 valence electrons. The van der Waals surface area contributed by atoms with Crippen LogP contribution in [0.15, 0.2) is 9.98 Å². The summed E-state index contributed by atoms with van der Waals surface area (Å²) in [5.74, 6) is 0. The van der Waals surface area contributed by atoms with Gasteiger partial charge in [0.15, 0.2) is 9.49 Å². The summed E-state index contributed by atoms with van der Waals surface area (Å²) in [4.78, 5) is 7.38. The highest BCUT2D eigenvalue weighted by molar-refractivity contribution is 8.11. The molecule has 0 fully saturated rings. The largest absolute Gasteiger partial charge is 0.379 e. The van der Waals surface area contributed by atoms with E-state index in [4.69, 9.17) is 0 Å². The van der Waals surface area contributed by atoms with E-state index >= 15 is 0 Å². The summed E-state index contributed by atoms with van der Waals surface area (Å²) < 4.78 is 0.221. The number of thiocarbonyl (C=S) groups is 1. The zero-order chi connectivity index (χ0) is 7.98. The lowest BCUT2D eigenvalue weighted by atomic mass is 11.1. The molecule has 0 aromatic carbocycles. The summed E-state index contributed by atoms with van der Waals surface area (Å²) in [7, 11) is 1.73.